The third-order valence-corrected chi connectivity index (χ3v) is 5.63. The number of methoxy groups -OCH3 is 1. The first kappa shape index (κ1) is 28.7. The van der Waals surface area contributed by atoms with E-state index in [0.29, 0.717) is 21.5 Å². The highest BCUT2D eigenvalue weighted by Crippen LogP contribution is 2.37. The molecule has 200 valence electrons. The van der Waals surface area contributed by atoms with Crippen molar-refractivity contribution < 1.29 is 28.7 Å². The Balaban J connectivity index is 1.76. The number of nitrogens with zero attached hydrogens (tertiary/aromatic N) is 2. The first-order valence-electron chi connectivity index (χ1n) is 11.4. The zero-order valence-electron chi connectivity index (χ0n) is 20.9. The van der Waals surface area contributed by atoms with Gasteiger partial charge in [0, 0.05) is 23.5 Å². The highest BCUT2D eigenvalue weighted by Gasteiger charge is 2.16. The third kappa shape index (κ3) is 8.05. The first-order valence-corrected chi connectivity index (χ1v) is 12.2. The van der Waals surface area contributed by atoms with Crippen LogP contribution in [0.25, 0.3) is 6.08 Å². The van der Waals surface area contributed by atoms with Crippen LogP contribution in [-0.4, -0.2) is 37.1 Å². The molecule has 12 heteroatoms. The Bertz CT molecular complexity index is 1450. The number of nitro groups is 1. The molecule has 0 unspecified atom stereocenters. The quantitative estimate of drug-likeness (QED) is 0.131. The van der Waals surface area contributed by atoms with Crippen LogP contribution >= 0.6 is 15.9 Å². The molecule has 0 fully saturated rings. The number of non-ortho nitro benzene ring substituents is 1. The van der Waals surface area contributed by atoms with E-state index in [0.717, 1.165) is 0 Å². The van der Waals surface area contributed by atoms with Crippen molar-refractivity contribution >= 4 is 50.9 Å². The molecule has 0 radical (unpaired) electrons. The summed E-state index contributed by atoms with van der Waals surface area (Å²) in [6, 6.07) is 17.2. The normalized spacial score (nSPS) is 10.7. The highest BCUT2D eigenvalue weighted by molar-refractivity contribution is 9.10. The van der Waals surface area contributed by atoms with Crippen LogP contribution in [0, 0.1) is 21.4 Å². The number of rotatable bonds is 11. The maximum Gasteiger partial charge on any atom is 0.271 e. The number of anilines is 2. The van der Waals surface area contributed by atoms with E-state index in [-0.39, 0.29) is 41.7 Å². The van der Waals surface area contributed by atoms with Gasteiger partial charge in [0.05, 0.1) is 23.1 Å². The van der Waals surface area contributed by atoms with Crippen molar-refractivity contribution in [2.45, 2.75) is 6.92 Å². The predicted octanol–water partition coefficient (Wildman–Crippen LogP) is 5.33. The monoisotopic (exact) mass is 594 g/mol. The summed E-state index contributed by atoms with van der Waals surface area (Å²) in [6.07, 6.45) is 1.33. The molecule has 0 atom stereocenters. The summed E-state index contributed by atoms with van der Waals surface area (Å²) in [5.74, 6) is 0.0561. The van der Waals surface area contributed by atoms with E-state index < -0.39 is 16.7 Å². The van der Waals surface area contributed by atoms with Gasteiger partial charge in [-0.1, -0.05) is 6.07 Å². The lowest BCUT2D eigenvalue weighted by atomic mass is 10.1. The fraction of sp³-hybridized carbons (Fsp3) is 0.148. The van der Waals surface area contributed by atoms with Crippen molar-refractivity contribution in [3.05, 3.63) is 86.4 Å². The molecule has 39 heavy (non-hydrogen) atoms. The van der Waals surface area contributed by atoms with E-state index in [2.05, 4.69) is 26.6 Å². The number of amides is 2. The molecule has 0 aliphatic rings. The average Bonchev–Trinajstić information content (AvgIpc) is 2.92. The topological polar surface area (TPSA) is 153 Å². The summed E-state index contributed by atoms with van der Waals surface area (Å²) < 4.78 is 16.9. The van der Waals surface area contributed by atoms with Crippen molar-refractivity contribution in [3.63, 3.8) is 0 Å². The maximum atomic E-state index is 12.7. The summed E-state index contributed by atoms with van der Waals surface area (Å²) in [4.78, 5) is 35.5. The van der Waals surface area contributed by atoms with Gasteiger partial charge in [0.2, 0.25) is 0 Å². The minimum absolute atomic E-state index is 0.170. The Kier molecular flexibility index (Phi) is 10.00. The summed E-state index contributed by atoms with van der Waals surface area (Å²) in [7, 11) is 1.55. The van der Waals surface area contributed by atoms with E-state index in [9.17, 15) is 25.0 Å². The number of nitro benzene ring substituents is 1. The molecule has 3 aromatic carbocycles. The Morgan fingerprint density at radius 3 is 2.46 bits per heavy atom. The lowest BCUT2D eigenvalue weighted by Gasteiger charge is -2.15. The highest BCUT2D eigenvalue weighted by atomic mass is 79.9. The van der Waals surface area contributed by atoms with E-state index in [1.165, 1.54) is 30.3 Å². The van der Waals surface area contributed by atoms with E-state index in [1.807, 2.05) is 6.07 Å². The standard InChI is InChI=1S/C27H23BrN4O7/c1-3-38-24-13-17(11-18(15-29)27(34)31-20-5-4-6-21(14-20)32(35)36)12-23(28)26(24)39-16-25(33)30-19-7-9-22(37-2)10-8-19/h4-14H,3,16H2,1-2H3,(H,30,33)(H,31,34)/b18-11-. The Morgan fingerprint density at radius 2 is 1.82 bits per heavy atom. The fourth-order valence-corrected chi connectivity index (χ4v) is 3.87. The van der Waals surface area contributed by atoms with Crippen LogP contribution in [0.4, 0.5) is 17.1 Å². The molecule has 3 rings (SSSR count). The average molecular weight is 595 g/mol. The van der Waals surface area contributed by atoms with Gasteiger partial charge < -0.3 is 24.8 Å². The summed E-state index contributed by atoms with van der Waals surface area (Å²) in [6.45, 7) is 1.74. The van der Waals surface area contributed by atoms with Gasteiger partial charge in [0.1, 0.15) is 17.4 Å². The zero-order chi connectivity index (χ0) is 28.4. The molecule has 11 nitrogen and oxygen atoms in total. The van der Waals surface area contributed by atoms with Crippen molar-refractivity contribution in [2.24, 2.45) is 0 Å². The number of carbonyl (C=O) groups is 2. The minimum Gasteiger partial charge on any atom is -0.497 e. The van der Waals surface area contributed by atoms with E-state index in [4.69, 9.17) is 14.2 Å². The molecule has 0 saturated carbocycles. The molecule has 0 aliphatic carbocycles. The van der Waals surface area contributed by atoms with Gasteiger partial charge in [-0.15, -0.1) is 0 Å². The van der Waals surface area contributed by atoms with Crippen LogP contribution < -0.4 is 24.8 Å². The summed E-state index contributed by atoms with van der Waals surface area (Å²) >= 11 is 3.40. The van der Waals surface area contributed by atoms with Crippen LogP contribution in [0.15, 0.2) is 70.7 Å². The van der Waals surface area contributed by atoms with Crippen molar-refractivity contribution in [1.82, 2.24) is 0 Å². The van der Waals surface area contributed by atoms with Gasteiger partial charge in [-0.2, -0.15) is 5.26 Å². The molecule has 0 heterocycles. The smallest absolute Gasteiger partial charge is 0.271 e. The molecular formula is C27H23BrN4O7. The van der Waals surface area contributed by atoms with Gasteiger partial charge in [-0.05, 0) is 77.0 Å². The van der Waals surface area contributed by atoms with Crippen LogP contribution in [0.3, 0.4) is 0 Å². The van der Waals surface area contributed by atoms with E-state index in [1.54, 1.807) is 50.4 Å². The van der Waals surface area contributed by atoms with Crippen molar-refractivity contribution in [3.8, 4) is 23.3 Å². The van der Waals surface area contributed by atoms with Crippen LogP contribution in [0.5, 0.6) is 17.2 Å². The summed E-state index contributed by atoms with van der Waals surface area (Å²) in [5.41, 5.74) is 0.730. The predicted molar refractivity (Wildman–Crippen MR) is 148 cm³/mol. The first-order chi connectivity index (χ1) is 18.7. The molecule has 2 amide bonds. The van der Waals surface area contributed by atoms with Crippen LogP contribution in [0.1, 0.15) is 12.5 Å². The SMILES string of the molecule is CCOc1cc(/C=C(/C#N)C(=O)Nc2cccc([N+](=O)[O-])c2)cc(Br)c1OCC(=O)Nc1ccc(OC)cc1. The second kappa shape index (κ2) is 13.6. The van der Waals surface area contributed by atoms with Gasteiger partial charge in [-0.3, -0.25) is 19.7 Å². The van der Waals surface area contributed by atoms with Crippen LogP contribution in [-0.2, 0) is 9.59 Å². The molecular weight excluding hydrogens is 572 g/mol. The number of hydrogen-bond donors (Lipinski definition) is 2. The number of benzene rings is 3. The molecule has 2 N–H and O–H groups in total. The second-order valence-electron chi connectivity index (χ2n) is 7.76. The third-order valence-electron chi connectivity index (χ3n) is 5.04. The Hall–Kier alpha value is -4.89. The molecule has 0 aliphatic heterocycles. The number of carbonyl (C=O) groups excluding carboxylic acids is 2. The molecule has 0 saturated heterocycles. The maximum absolute atomic E-state index is 12.7. The fourth-order valence-electron chi connectivity index (χ4n) is 3.29. The lowest BCUT2D eigenvalue weighted by Crippen LogP contribution is -2.20. The largest absolute Gasteiger partial charge is 0.497 e. The minimum atomic E-state index is -0.748. The van der Waals surface area contributed by atoms with Crippen molar-refractivity contribution in [1.29, 1.82) is 5.26 Å². The lowest BCUT2D eigenvalue weighted by molar-refractivity contribution is -0.384. The number of halogens is 1. The van der Waals surface area contributed by atoms with Gasteiger partial charge in [0.15, 0.2) is 18.1 Å². The zero-order valence-corrected chi connectivity index (χ0v) is 22.5. The molecule has 0 aromatic heterocycles. The van der Waals surface area contributed by atoms with Gasteiger partial charge >= 0.3 is 0 Å². The molecule has 0 bridgehead atoms. The number of nitriles is 1. The Labute approximate surface area is 232 Å². The Morgan fingerprint density at radius 1 is 1.08 bits per heavy atom. The molecule has 3 aromatic rings. The van der Waals surface area contributed by atoms with Crippen molar-refractivity contribution in [2.75, 3.05) is 31.0 Å². The summed E-state index contributed by atoms with van der Waals surface area (Å²) in [5, 5.41) is 25.7. The van der Waals surface area contributed by atoms with E-state index >= 15 is 0 Å². The van der Waals surface area contributed by atoms with Gasteiger partial charge in [-0.25, -0.2) is 0 Å². The number of nitrogens with one attached hydrogen (secondary N) is 2. The second-order valence-corrected chi connectivity index (χ2v) is 8.61. The van der Waals surface area contributed by atoms with Gasteiger partial charge in [0.25, 0.3) is 17.5 Å². The number of ether oxygens (including phenoxy) is 3. The van der Waals surface area contributed by atoms with Crippen LogP contribution in [0.2, 0.25) is 0 Å². The number of hydrogen-bond acceptors (Lipinski definition) is 8. The molecule has 0 spiro atoms.